The van der Waals surface area contributed by atoms with Gasteiger partial charge in [-0.15, -0.1) is 5.10 Å². The highest BCUT2D eigenvalue weighted by molar-refractivity contribution is 5.75. The molecule has 0 aliphatic rings. The fourth-order valence-electron chi connectivity index (χ4n) is 2.95. The van der Waals surface area contributed by atoms with E-state index in [4.69, 9.17) is 0 Å². The Morgan fingerprint density at radius 1 is 1.08 bits per heavy atom. The molecule has 0 amide bonds. The predicted molar refractivity (Wildman–Crippen MR) is 93.9 cm³/mol. The Labute approximate surface area is 143 Å². The van der Waals surface area contributed by atoms with Crippen molar-refractivity contribution in [2.75, 3.05) is 0 Å². The van der Waals surface area contributed by atoms with E-state index in [1.54, 1.807) is 31.5 Å². The summed E-state index contributed by atoms with van der Waals surface area (Å²) in [5, 5.41) is 14.0. The lowest BCUT2D eigenvalue weighted by atomic mass is 9.99. The van der Waals surface area contributed by atoms with Crippen LogP contribution in [0, 0.1) is 18.3 Å². The summed E-state index contributed by atoms with van der Waals surface area (Å²) < 4.78 is 1.27. The highest BCUT2D eigenvalue weighted by atomic mass is 16.1. The molecule has 4 aromatic rings. The van der Waals surface area contributed by atoms with E-state index in [0.717, 1.165) is 11.1 Å². The maximum absolute atomic E-state index is 13.0. The molecule has 0 radical (unpaired) electrons. The molecule has 0 saturated carbocycles. The summed E-state index contributed by atoms with van der Waals surface area (Å²) in [5.41, 5.74) is 3.24. The lowest BCUT2D eigenvalue weighted by Gasteiger charge is -2.07. The standard InChI is InChI=1S/C19H13N5O/c1-12-15(11-20)18-22-17(14-7-9-21-10-8-14)23-24(18)19(25)16(12)13-5-3-2-4-6-13/h2-10H,1H3,(H,22,23). The molecule has 6 nitrogen and oxygen atoms in total. The Morgan fingerprint density at radius 2 is 1.80 bits per heavy atom. The summed E-state index contributed by atoms with van der Waals surface area (Å²) in [7, 11) is 0. The SMILES string of the molecule is Cc1c(-c2ccccc2)c(=O)n2nc(-c3ccncc3)[nH]c2c1C#N. The van der Waals surface area contributed by atoms with Crippen LogP contribution < -0.4 is 5.56 Å². The third-order valence-corrected chi connectivity index (χ3v) is 4.17. The van der Waals surface area contributed by atoms with Crippen molar-refractivity contribution in [3.63, 3.8) is 0 Å². The van der Waals surface area contributed by atoms with Gasteiger partial charge in [-0.3, -0.25) is 9.78 Å². The van der Waals surface area contributed by atoms with E-state index in [0.29, 0.717) is 28.2 Å². The van der Waals surface area contributed by atoms with Crippen LogP contribution in [0.4, 0.5) is 0 Å². The molecule has 0 fully saturated rings. The molecule has 0 spiro atoms. The second-order valence-electron chi connectivity index (χ2n) is 5.63. The number of fused-ring (bicyclic) bond motifs is 1. The number of nitrogens with one attached hydrogen (secondary N) is 1. The molecule has 6 heteroatoms. The first-order valence-corrected chi connectivity index (χ1v) is 7.72. The van der Waals surface area contributed by atoms with Gasteiger partial charge in [-0.2, -0.15) is 9.78 Å². The fourth-order valence-corrected chi connectivity index (χ4v) is 2.95. The third-order valence-electron chi connectivity index (χ3n) is 4.17. The molecule has 120 valence electrons. The summed E-state index contributed by atoms with van der Waals surface area (Å²) in [5.74, 6) is 0.514. The molecule has 0 aliphatic carbocycles. The van der Waals surface area contributed by atoms with Crippen LogP contribution in [0.1, 0.15) is 11.1 Å². The van der Waals surface area contributed by atoms with Gasteiger partial charge in [0.2, 0.25) is 0 Å². The van der Waals surface area contributed by atoms with Crippen molar-refractivity contribution in [3.05, 3.63) is 76.3 Å². The van der Waals surface area contributed by atoms with Crippen molar-refractivity contribution < 1.29 is 0 Å². The summed E-state index contributed by atoms with van der Waals surface area (Å²) in [6, 6.07) is 15.1. The Bertz CT molecular complexity index is 1170. The van der Waals surface area contributed by atoms with Crippen LogP contribution in [0.15, 0.2) is 59.7 Å². The second-order valence-corrected chi connectivity index (χ2v) is 5.63. The highest BCUT2D eigenvalue weighted by Crippen LogP contribution is 2.25. The van der Waals surface area contributed by atoms with E-state index in [9.17, 15) is 10.1 Å². The van der Waals surface area contributed by atoms with Gasteiger partial charge in [0, 0.05) is 18.0 Å². The molecular formula is C19H13N5O. The monoisotopic (exact) mass is 327 g/mol. The zero-order valence-electron chi connectivity index (χ0n) is 13.4. The predicted octanol–water partition coefficient (Wildman–Crippen LogP) is 2.93. The van der Waals surface area contributed by atoms with Gasteiger partial charge in [0.1, 0.15) is 6.07 Å². The molecule has 3 heterocycles. The minimum Gasteiger partial charge on any atom is -0.322 e. The summed E-state index contributed by atoms with van der Waals surface area (Å²) >= 11 is 0. The molecule has 3 aromatic heterocycles. The number of pyridine rings is 2. The van der Waals surface area contributed by atoms with Gasteiger partial charge < -0.3 is 4.98 Å². The Balaban J connectivity index is 2.08. The number of H-pyrrole nitrogens is 1. The number of aromatic nitrogens is 4. The molecule has 25 heavy (non-hydrogen) atoms. The average Bonchev–Trinajstić information content (AvgIpc) is 3.09. The zero-order valence-corrected chi connectivity index (χ0v) is 13.4. The van der Waals surface area contributed by atoms with Gasteiger partial charge in [0.05, 0.1) is 11.1 Å². The molecule has 0 unspecified atom stereocenters. The number of hydrogen-bond acceptors (Lipinski definition) is 4. The topological polar surface area (TPSA) is 86.8 Å². The number of nitriles is 1. The molecule has 0 bridgehead atoms. The fraction of sp³-hybridized carbons (Fsp3) is 0.0526. The largest absolute Gasteiger partial charge is 0.322 e. The molecule has 0 saturated heterocycles. The molecule has 0 atom stereocenters. The summed E-state index contributed by atoms with van der Waals surface area (Å²) in [6.45, 7) is 1.79. The highest BCUT2D eigenvalue weighted by Gasteiger charge is 2.19. The van der Waals surface area contributed by atoms with Crippen LogP contribution in [-0.2, 0) is 0 Å². The first-order valence-electron chi connectivity index (χ1n) is 7.72. The lowest BCUT2D eigenvalue weighted by Crippen LogP contribution is -2.19. The summed E-state index contributed by atoms with van der Waals surface area (Å²) in [6.07, 6.45) is 3.30. The maximum Gasteiger partial charge on any atom is 0.281 e. The number of nitrogens with zero attached hydrogens (tertiary/aromatic N) is 4. The Morgan fingerprint density at radius 3 is 2.48 bits per heavy atom. The van der Waals surface area contributed by atoms with Gasteiger partial charge in [-0.05, 0) is 30.2 Å². The van der Waals surface area contributed by atoms with Crippen LogP contribution in [0.25, 0.3) is 28.2 Å². The van der Waals surface area contributed by atoms with E-state index in [1.807, 2.05) is 30.3 Å². The van der Waals surface area contributed by atoms with Crippen molar-refractivity contribution >= 4 is 5.65 Å². The summed E-state index contributed by atoms with van der Waals surface area (Å²) in [4.78, 5) is 20.1. The minimum atomic E-state index is -0.255. The van der Waals surface area contributed by atoms with Gasteiger partial charge in [0.15, 0.2) is 11.5 Å². The van der Waals surface area contributed by atoms with Gasteiger partial charge in [0.25, 0.3) is 5.56 Å². The molecular weight excluding hydrogens is 314 g/mol. The van der Waals surface area contributed by atoms with Crippen molar-refractivity contribution in [1.82, 2.24) is 19.6 Å². The quantitative estimate of drug-likeness (QED) is 0.613. The van der Waals surface area contributed by atoms with Crippen molar-refractivity contribution in [2.24, 2.45) is 0 Å². The van der Waals surface area contributed by atoms with E-state index in [2.05, 4.69) is 21.1 Å². The zero-order chi connectivity index (χ0) is 17.4. The third kappa shape index (κ3) is 2.30. The Hall–Kier alpha value is -3.72. The lowest BCUT2D eigenvalue weighted by molar-refractivity contribution is 0.920. The number of hydrogen-bond donors (Lipinski definition) is 1. The van der Waals surface area contributed by atoms with E-state index < -0.39 is 0 Å². The van der Waals surface area contributed by atoms with Gasteiger partial charge in [-0.25, -0.2) is 0 Å². The van der Waals surface area contributed by atoms with Crippen LogP contribution >= 0.6 is 0 Å². The van der Waals surface area contributed by atoms with Gasteiger partial charge in [-0.1, -0.05) is 30.3 Å². The first kappa shape index (κ1) is 14.8. The second kappa shape index (κ2) is 5.73. The molecule has 4 rings (SSSR count). The molecule has 1 aromatic carbocycles. The normalized spacial score (nSPS) is 10.7. The molecule has 0 aliphatic heterocycles. The van der Waals surface area contributed by atoms with Crippen LogP contribution in [0.3, 0.4) is 0 Å². The van der Waals surface area contributed by atoms with E-state index in [1.165, 1.54) is 4.52 Å². The average molecular weight is 327 g/mol. The van der Waals surface area contributed by atoms with Gasteiger partial charge >= 0.3 is 0 Å². The number of aromatic amines is 1. The van der Waals surface area contributed by atoms with Crippen molar-refractivity contribution in [1.29, 1.82) is 5.26 Å². The smallest absolute Gasteiger partial charge is 0.281 e. The number of rotatable bonds is 2. The van der Waals surface area contributed by atoms with Crippen LogP contribution in [0.5, 0.6) is 0 Å². The van der Waals surface area contributed by atoms with Crippen molar-refractivity contribution in [3.8, 4) is 28.6 Å². The Kier molecular flexibility index (Phi) is 3.40. The van der Waals surface area contributed by atoms with E-state index >= 15 is 0 Å². The van der Waals surface area contributed by atoms with E-state index in [-0.39, 0.29) is 5.56 Å². The minimum absolute atomic E-state index is 0.255. The molecule has 1 N–H and O–H groups in total. The first-order chi connectivity index (χ1) is 12.2. The van der Waals surface area contributed by atoms with Crippen LogP contribution in [-0.4, -0.2) is 19.6 Å². The number of benzene rings is 1. The van der Waals surface area contributed by atoms with Crippen LogP contribution in [0.2, 0.25) is 0 Å². The van der Waals surface area contributed by atoms with Crippen molar-refractivity contribution in [2.45, 2.75) is 6.92 Å². The maximum atomic E-state index is 13.0.